The van der Waals surface area contributed by atoms with Crippen LogP contribution in [-0.4, -0.2) is 25.8 Å². The van der Waals surface area contributed by atoms with Gasteiger partial charge in [-0.05, 0) is 54.8 Å². The van der Waals surface area contributed by atoms with Crippen LogP contribution in [0.4, 0.5) is 0 Å². The largest absolute Gasteiger partial charge is 0.478 e. The van der Waals surface area contributed by atoms with Gasteiger partial charge in [-0.2, -0.15) is 5.26 Å². The lowest BCUT2D eigenvalue weighted by atomic mass is 9.95. The Hall–Kier alpha value is -3.66. The van der Waals surface area contributed by atoms with E-state index < -0.39 is 5.97 Å². The molecule has 2 aromatic heterocycles. The molecular formula is C18H14N4O3. The van der Waals surface area contributed by atoms with Crippen LogP contribution in [0.1, 0.15) is 27.0 Å². The van der Waals surface area contributed by atoms with E-state index in [0.29, 0.717) is 16.9 Å². The Morgan fingerprint density at radius 1 is 1.28 bits per heavy atom. The van der Waals surface area contributed by atoms with Crippen molar-refractivity contribution >= 4 is 5.97 Å². The average molecular weight is 334 g/mol. The van der Waals surface area contributed by atoms with Crippen LogP contribution in [0.2, 0.25) is 0 Å². The van der Waals surface area contributed by atoms with E-state index in [1.165, 1.54) is 23.0 Å². The molecule has 0 spiro atoms. The van der Waals surface area contributed by atoms with Gasteiger partial charge >= 0.3 is 5.97 Å². The maximum Gasteiger partial charge on any atom is 0.337 e. The molecule has 0 fully saturated rings. The molecule has 0 saturated heterocycles. The van der Waals surface area contributed by atoms with Gasteiger partial charge in [0.1, 0.15) is 0 Å². The monoisotopic (exact) mass is 334 g/mol. The minimum atomic E-state index is -1.08. The normalized spacial score (nSPS) is 10.4. The average Bonchev–Trinajstić information content (AvgIpc) is 2.95. The fourth-order valence-electron chi connectivity index (χ4n) is 2.82. The molecule has 0 radical (unpaired) electrons. The summed E-state index contributed by atoms with van der Waals surface area (Å²) in [5.74, 6) is -0.785. The van der Waals surface area contributed by atoms with Gasteiger partial charge < -0.3 is 5.11 Å². The Morgan fingerprint density at radius 2 is 1.96 bits per heavy atom. The van der Waals surface area contributed by atoms with Crippen molar-refractivity contribution < 1.29 is 9.90 Å². The van der Waals surface area contributed by atoms with Gasteiger partial charge in [-0.15, -0.1) is 0 Å². The van der Waals surface area contributed by atoms with Crippen LogP contribution in [0.15, 0.2) is 41.5 Å². The fraction of sp³-hybridized carbons (Fsp3) is 0.111. The summed E-state index contributed by atoms with van der Waals surface area (Å²) in [5, 5.41) is 20.8. The SMILES string of the molecule is Cc1cc(C#N)cc(C)c1-c1c[nH]n(-c2ccc(C(=O)O)cn2)c1=O. The summed E-state index contributed by atoms with van der Waals surface area (Å²) in [6.45, 7) is 3.69. The predicted molar refractivity (Wildman–Crippen MR) is 90.8 cm³/mol. The molecule has 0 unspecified atom stereocenters. The fourth-order valence-corrected chi connectivity index (χ4v) is 2.82. The number of rotatable bonds is 3. The lowest BCUT2D eigenvalue weighted by Gasteiger charge is -2.07. The molecule has 0 aliphatic carbocycles. The molecule has 3 aromatic rings. The number of aromatic carboxylic acids is 1. The molecule has 2 N–H and O–H groups in total. The molecule has 0 atom stereocenters. The van der Waals surface area contributed by atoms with Crippen LogP contribution in [-0.2, 0) is 0 Å². The summed E-state index contributed by atoms with van der Waals surface area (Å²) in [4.78, 5) is 27.7. The molecule has 1 aromatic carbocycles. The number of nitriles is 1. The Morgan fingerprint density at radius 3 is 2.48 bits per heavy atom. The van der Waals surface area contributed by atoms with Crippen molar-refractivity contribution in [2.24, 2.45) is 0 Å². The molecule has 2 heterocycles. The molecule has 0 bridgehead atoms. The van der Waals surface area contributed by atoms with E-state index in [9.17, 15) is 9.59 Å². The highest BCUT2D eigenvalue weighted by molar-refractivity contribution is 5.87. The van der Waals surface area contributed by atoms with E-state index in [0.717, 1.165) is 16.7 Å². The van der Waals surface area contributed by atoms with Gasteiger partial charge in [-0.3, -0.25) is 9.89 Å². The van der Waals surface area contributed by atoms with Crippen LogP contribution in [0.25, 0.3) is 16.9 Å². The molecule has 124 valence electrons. The molecular weight excluding hydrogens is 320 g/mol. The van der Waals surface area contributed by atoms with Crippen molar-refractivity contribution in [3.8, 4) is 23.0 Å². The molecule has 25 heavy (non-hydrogen) atoms. The number of nitrogens with zero attached hydrogens (tertiary/aromatic N) is 3. The number of aryl methyl sites for hydroxylation is 2. The maximum atomic E-state index is 12.8. The number of carbonyl (C=O) groups is 1. The molecule has 0 aliphatic heterocycles. The third-order valence-electron chi connectivity index (χ3n) is 3.93. The van der Waals surface area contributed by atoms with Crippen LogP contribution in [0, 0.1) is 25.2 Å². The molecule has 0 aliphatic rings. The van der Waals surface area contributed by atoms with E-state index in [1.54, 1.807) is 18.3 Å². The lowest BCUT2D eigenvalue weighted by molar-refractivity contribution is 0.0696. The van der Waals surface area contributed by atoms with Crippen molar-refractivity contribution in [3.63, 3.8) is 0 Å². The zero-order valence-electron chi connectivity index (χ0n) is 13.6. The van der Waals surface area contributed by atoms with Gasteiger partial charge in [0.2, 0.25) is 0 Å². The number of benzene rings is 1. The van der Waals surface area contributed by atoms with Crippen LogP contribution in [0.5, 0.6) is 0 Å². The Labute approximate surface area is 142 Å². The number of carboxylic acid groups (broad SMARTS) is 1. The van der Waals surface area contributed by atoms with Crippen LogP contribution >= 0.6 is 0 Å². The van der Waals surface area contributed by atoms with E-state index in [4.69, 9.17) is 10.4 Å². The van der Waals surface area contributed by atoms with E-state index >= 15 is 0 Å². The highest BCUT2D eigenvalue weighted by atomic mass is 16.4. The third kappa shape index (κ3) is 2.81. The number of nitrogens with one attached hydrogen (secondary N) is 1. The summed E-state index contributed by atoms with van der Waals surface area (Å²) in [6.07, 6.45) is 2.78. The minimum Gasteiger partial charge on any atom is -0.478 e. The number of pyridine rings is 1. The number of H-pyrrole nitrogens is 1. The third-order valence-corrected chi connectivity index (χ3v) is 3.93. The first-order chi connectivity index (χ1) is 11.9. The number of carboxylic acids is 1. The zero-order chi connectivity index (χ0) is 18.1. The standard InChI is InChI=1S/C18H14N4O3/c1-10-5-12(7-19)6-11(2)16(10)14-9-21-22(17(14)23)15-4-3-13(8-20-15)18(24)25/h3-6,8-9,21H,1-2H3,(H,24,25). The quantitative estimate of drug-likeness (QED) is 0.764. The Balaban J connectivity index is 2.10. The van der Waals surface area contributed by atoms with Crippen LogP contribution in [0.3, 0.4) is 0 Å². The van der Waals surface area contributed by atoms with Crippen molar-refractivity contribution in [2.75, 3.05) is 0 Å². The number of aromatic nitrogens is 3. The van der Waals surface area contributed by atoms with Crippen molar-refractivity contribution in [1.29, 1.82) is 5.26 Å². The summed E-state index contributed by atoms with van der Waals surface area (Å²) < 4.78 is 1.25. The second-order valence-corrected chi connectivity index (χ2v) is 5.63. The minimum absolute atomic E-state index is 0.0439. The first-order valence-electron chi connectivity index (χ1n) is 7.44. The van der Waals surface area contributed by atoms with Gasteiger partial charge in [0.05, 0.1) is 22.8 Å². The number of aromatic amines is 1. The second kappa shape index (κ2) is 6.09. The van der Waals surface area contributed by atoms with Gasteiger partial charge in [0.15, 0.2) is 5.82 Å². The zero-order valence-corrected chi connectivity index (χ0v) is 13.6. The van der Waals surface area contributed by atoms with E-state index in [2.05, 4.69) is 16.2 Å². The van der Waals surface area contributed by atoms with Crippen molar-refractivity contribution in [2.45, 2.75) is 13.8 Å². The topological polar surface area (TPSA) is 112 Å². The Bertz CT molecular complexity index is 1050. The first kappa shape index (κ1) is 16.2. The summed E-state index contributed by atoms with van der Waals surface area (Å²) >= 11 is 0. The second-order valence-electron chi connectivity index (χ2n) is 5.63. The maximum absolute atomic E-state index is 12.8. The summed E-state index contributed by atoms with van der Waals surface area (Å²) in [7, 11) is 0. The number of hydrogen-bond donors (Lipinski definition) is 2. The van der Waals surface area contributed by atoms with Gasteiger partial charge in [-0.1, -0.05) is 0 Å². The number of hydrogen-bond acceptors (Lipinski definition) is 4. The highest BCUT2D eigenvalue weighted by Gasteiger charge is 2.16. The van der Waals surface area contributed by atoms with Gasteiger partial charge in [0.25, 0.3) is 5.56 Å². The molecule has 0 saturated carbocycles. The van der Waals surface area contributed by atoms with Crippen molar-refractivity contribution in [1.82, 2.24) is 14.8 Å². The first-order valence-corrected chi connectivity index (χ1v) is 7.44. The molecule has 3 rings (SSSR count). The highest BCUT2D eigenvalue weighted by Crippen LogP contribution is 2.26. The molecule has 0 amide bonds. The summed E-state index contributed by atoms with van der Waals surface area (Å²) in [6, 6.07) is 8.42. The predicted octanol–water partition coefficient (Wildman–Crippen LogP) is 2.41. The van der Waals surface area contributed by atoms with Gasteiger partial charge in [0, 0.05) is 12.4 Å². The molecule has 7 nitrogen and oxygen atoms in total. The molecule has 7 heteroatoms. The lowest BCUT2D eigenvalue weighted by Crippen LogP contribution is -2.17. The Kier molecular flexibility index (Phi) is 3.95. The smallest absolute Gasteiger partial charge is 0.337 e. The summed E-state index contributed by atoms with van der Waals surface area (Å²) in [5.41, 5.74) is 3.17. The van der Waals surface area contributed by atoms with E-state index in [1.807, 2.05) is 13.8 Å². The van der Waals surface area contributed by atoms with E-state index in [-0.39, 0.29) is 11.1 Å². The van der Waals surface area contributed by atoms with Gasteiger partial charge in [-0.25, -0.2) is 14.5 Å². The van der Waals surface area contributed by atoms with Crippen molar-refractivity contribution in [3.05, 3.63) is 69.3 Å². The van der Waals surface area contributed by atoms with Crippen LogP contribution < -0.4 is 5.56 Å².